The molecular formula is C27H32N2O4S. The van der Waals surface area contributed by atoms with Crippen LogP contribution in [0.1, 0.15) is 48.6 Å². The van der Waals surface area contributed by atoms with E-state index in [9.17, 15) is 8.42 Å². The molecule has 2 N–H and O–H groups in total. The molecule has 180 valence electrons. The number of hydrogen-bond acceptors (Lipinski definition) is 5. The van der Waals surface area contributed by atoms with Crippen molar-refractivity contribution in [2.45, 2.75) is 51.5 Å². The monoisotopic (exact) mass is 480 g/mol. The summed E-state index contributed by atoms with van der Waals surface area (Å²) in [5.41, 5.74) is 6.43. The fourth-order valence-electron chi connectivity index (χ4n) is 3.56. The molecule has 0 heterocycles. The van der Waals surface area contributed by atoms with E-state index in [2.05, 4.69) is 51.7 Å². The van der Waals surface area contributed by atoms with Gasteiger partial charge in [0, 0.05) is 6.21 Å². The van der Waals surface area contributed by atoms with E-state index < -0.39 is 10.0 Å². The van der Waals surface area contributed by atoms with Gasteiger partial charge < -0.3 is 9.47 Å². The minimum absolute atomic E-state index is 0.0492. The number of nitrogens with zero attached hydrogens (tertiary/aromatic N) is 1. The van der Waals surface area contributed by atoms with Crippen molar-refractivity contribution in [1.29, 1.82) is 0 Å². The lowest BCUT2D eigenvalue weighted by Crippen LogP contribution is -2.13. The zero-order valence-electron chi connectivity index (χ0n) is 20.5. The lowest BCUT2D eigenvalue weighted by molar-refractivity contribution is 0.283. The Kier molecular flexibility index (Phi) is 7.48. The minimum Gasteiger partial charge on any atom is -0.493 e. The van der Waals surface area contributed by atoms with Crippen molar-refractivity contribution in [3.05, 3.63) is 82.4 Å². The van der Waals surface area contributed by atoms with Crippen LogP contribution in [0, 0.1) is 13.8 Å². The predicted molar refractivity (Wildman–Crippen MR) is 137 cm³/mol. The van der Waals surface area contributed by atoms with E-state index in [1.54, 1.807) is 25.5 Å². The van der Waals surface area contributed by atoms with Gasteiger partial charge >= 0.3 is 0 Å². The number of sulfonamides is 1. The Labute approximate surface area is 202 Å². The maximum atomic E-state index is 11.4. The third-order valence-electron chi connectivity index (χ3n) is 5.65. The molecular weight excluding hydrogens is 448 g/mol. The van der Waals surface area contributed by atoms with Gasteiger partial charge in [-0.25, -0.2) is 13.6 Å². The first kappa shape index (κ1) is 25.5. The second kappa shape index (κ2) is 9.99. The van der Waals surface area contributed by atoms with Crippen LogP contribution in [0.15, 0.2) is 64.5 Å². The molecule has 0 fully saturated rings. The van der Waals surface area contributed by atoms with Crippen molar-refractivity contribution >= 4 is 21.9 Å². The van der Waals surface area contributed by atoms with Crippen LogP contribution in [0.25, 0.3) is 0 Å². The Hall–Kier alpha value is -3.16. The molecule has 0 atom stereocenters. The van der Waals surface area contributed by atoms with Gasteiger partial charge in [-0.05, 0) is 89.5 Å². The molecule has 3 aromatic carbocycles. The summed E-state index contributed by atoms with van der Waals surface area (Å²) in [6, 6.07) is 16.1. The van der Waals surface area contributed by atoms with Crippen LogP contribution >= 0.6 is 0 Å². The third kappa shape index (κ3) is 6.24. The lowest BCUT2D eigenvalue weighted by Gasteiger charge is -2.22. The summed E-state index contributed by atoms with van der Waals surface area (Å²) in [4.78, 5) is 4.44. The number of aliphatic imine (C=N–C) groups is 1. The lowest BCUT2D eigenvalue weighted by atomic mass is 9.84. The molecule has 0 aromatic heterocycles. The van der Waals surface area contributed by atoms with Crippen molar-refractivity contribution in [3.63, 3.8) is 0 Å². The van der Waals surface area contributed by atoms with Gasteiger partial charge in [0.2, 0.25) is 10.0 Å². The maximum Gasteiger partial charge on any atom is 0.238 e. The van der Waals surface area contributed by atoms with Crippen molar-refractivity contribution in [3.8, 4) is 11.5 Å². The Bertz CT molecular complexity index is 1280. The molecule has 0 bridgehead atoms. The Balaban J connectivity index is 1.75. The van der Waals surface area contributed by atoms with Crippen molar-refractivity contribution < 1.29 is 17.9 Å². The van der Waals surface area contributed by atoms with Crippen LogP contribution < -0.4 is 14.6 Å². The number of nitrogens with two attached hydrogens (primary N) is 1. The van der Waals surface area contributed by atoms with Crippen LogP contribution in [0.4, 0.5) is 5.69 Å². The van der Waals surface area contributed by atoms with E-state index in [0.29, 0.717) is 23.8 Å². The Morgan fingerprint density at radius 2 is 1.56 bits per heavy atom. The Morgan fingerprint density at radius 1 is 0.941 bits per heavy atom. The number of hydrogen-bond donors (Lipinski definition) is 1. The largest absolute Gasteiger partial charge is 0.493 e. The zero-order valence-corrected chi connectivity index (χ0v) is 21.4. The maximum absolute atomic E-state index is 11.4. The molecule has 0 amide bonds. The van der Waals surface area contributed by atoms with E-state index >= 15 is 0 Å². The van der Waals surface area contributed by atoms with E-state index in [1.165, 1.54) is 34.4 Å². The highest BCUT2D eigenvalue weighted by Crippen LogP contribution is 2.31. The zero-order chi connectivity index (χ0) is 25.1. The van der Waals surface area contributed by atoms with E-state index in [1.807, 2.05) is 18.2 Å². The van der Waals surface area contributed by atoms with Crippen molar-refractivity contribution in [2.75, 3.05) is 7.11 Å². The molecule has 0 aliphatic carbocycles. The molecule has 0 spiro atoms. The van der Waals surface area contributed by atoms with E-state index in [4.69, 9.17) is 14.6 Å². The smallest absolute Gasteiger partial charge is 0.238 e. The average Bonchev–Trinajstić information content (AvgIpc) is 2.76. The first-order chi connectivity index (χ1) is 15.9. The SMILES string of the molecule is COc1cc(C=Nc2ccc(S(N)(=O)=O)cc2)ccc1OCc1c(C)cc(C(C)(C)C)cc1C. The predicted octanol–water partition coefficient (Wildman–Crippen LogP) is 5.59. The summed E-state index contributed by atoms with van der Waals surface area (Å²) in [5.74, 6) is 1.26. The summed E-state index contributed by atoms with van der Waals surface area (Å²) in [5, 5.41) is 5.13. The second-order valence-electron chi connectivity index (χ2n) is 9.33. The molecule has 3 aromatic rings. The molecule has 34 heavy (non-hydrogen) atoms. The molecule has 0 aliphatic heterocycles. The number of primary sulfonamides is 1. The second-order valence-corrected chi connectivity index (χ2v) is 10.9. The van der Waals surface area contributed by atoms with Crippen LogP contribution in [-0.4, -0.2) is 21.7 Å². The number of ether oxygens (including phenoxy) is 2. The summed E-state index contributed by atoms with van der Waals surface area (Å²) >= 11 is 0. The van der Waals surface area contributed by atoms with Gasteiger partial charge in [0.05, 0.1) is 17.7 Å². The molecule has 6 nitrogen and oxygen atoms in total. The van der Waals surface area contributed by atoms with Gasteiger partial charge in [0.25, 0.3) is 0 Å². The van der Waals surface area contributed by atoms with E-state index in [-0.39, 0.29) is 10.3 Å². The average molecular weight is 481 g/mol. The molecule has 0 saturated carbocycles. The standard InChI is InChI=1S/C27H32N2O4S/c1-18-13-21(27(3,4)5)14-19(2)24(18)17-33-25-12-7-20(15-26(25)32-6)16-29-22-8-10-23(11-9-22)34(28,30)31/h7-16H,17H2,1-6H3,(H2,28,30,31). The highest BCUT2D eigenvalue weighted by molar-refractivity contribution is 7.89. The molecule has 0 aliphatic rings. The van der Waals surface area contributed by atoms with Crippen LogP contribution in [0.2, 0.25) is 0 Å². The minimum atomic E-state index is -3.72. The number of benzene rings is 3. The molecule has 3 rings (SSSR count). The fourth-order valence-corrected chi connectivity index (χ4v) is 4.07. The highest BCUT2D eigenvalue weighted by atomic mass is 32.2. The van der Waals surface area contributed by atoms with Gasteiger partial charge in [0.15, 0.2) is 11.5 Å². The summed E-state index contributed by atoms with van der Waals surface area (Å²) < 4.78 is 34.4. The topological polar surface area (TPSA) is 91.0 Å². The van der Waals surface area contributed by atoms with Crippen LogP contribution in [0.5, 0.6) is 11.5 Å². The molecule has 0 radical (unpaired) electrons. The van der Waals surface area contributed by atoms with Crippen LogP contribution in [-0.2, 0) is 22.0 Å². The fraction of sp³-hybridized carbons (Fsp3) is 0.296. The van der Waals surface area contributed by atoms with Crippen LogP contribution in [0.3, 0.4) is 0 Å². The summed E-state index contributed by atoms with van der Waals surface area (Å²) in [7, 11) is -2.12. The van der Waals surface area contributed by atoms with Crippen molar-refractivity contribution in [1.82, 2.24) is 0 Å². The number of methoxy groups -OCH3 is 1. The quantitative estimate of drug-likeness (QED) is 0.447. The molecule has 0 unspecified atom stereocenters. The summed E-state index contributed by atoms with van der Waals surface area (Å²) in [6.07, 6.45) is 1.68. The van der Waals surface area contributed by atoms with Gasteiger partial charge in [0.1, 0.15) is 6.61 Å². The normalized spacial score (nSPS) is 12.2. The number of aryl methyl sites for hydroxylation is 2. The van der Waals surface area contributed by atoms with Gasteiger partial charge in [-0.1, -0.05) is 32.9 Å². The first-order valence-electron chi connectivity index (χ1n) is 11.0. The van der Waals surface area contributed by atoms with Gasteiger partial charge in [-0.3, -0.25) is 4.99 Å². The molecule has 0 saturated heterocycles. The Morgan fingerprint density at radius 3 is 2.09 bits per heavy atom. The van der Waals surface area contributed by atoms with Crippen molar-refractivity contribution in [2.24, 2.45) is 10.1 Å². The molecule has 7 heteroatoms. The third-order valence-corrected chi connectivity index (χ3v) is 6.58. The first-order valence-corrected chi connectivity index (χ1v) is 12.5. The van der Waals surface area contributed by atoms with Gasteiger partial charge in [-0.2, -0.15) is 0 Å². The highest BCUT2D eigenvalue weighted by Gasteiger charge is 2.17. The van der Waals surface area contributed by atoms with Gasteiger partial charge in [-0.15, -0.1) is 0 Å². The van der Waals surface area contributed by atoms with E-state index in [0.717, 1.165) is 5.56 Å². The summed E-state index contributed by atoms with van der Waals surface area (Å²) in [6.45, 7) is 11.3. The number of rotatable bonds is 7.